The first-order chi connectivity index (χ1) is 2.50. The van der Waals surface area contributed by atoms with Crippen molar-refractivity contribution in [1.82, 2.24) is 4.44 Å². The fraction of sp³-hybridized carbons (Fsp3) is 0. The minimum atomic E-state index is 0.660. The molecule has 0 aromatic carbocycles. The predicted molar refractivity (Wildman–Crippen MR) is 23.1 cm³/mol. The summed E-state index contributed by atoms with van der Waals surface area (Å²) in [6, 6.07) is 0. The summed E-state index contributed by atoms with van der Waals surface area (Å²) in [5.41, 5.74) is 0. The van der Waals surface area contributed by atoms with Crippen LogP contribution in [0.4, 0.5) is 0 Å². The second kappa shape index (κ2) is 1.83. The van der Waals surface area contributed by atoms with Gasteiger partial charge in [0.1, 0.15) is 0 Å². The van der Waals surface area contributed by atoms with Gasteiger partial charge in [0.05, 0.1) is 0 Å². The van der Waals surface area contributed by atoms with E-state index < -0.39 is 0 Å². The monoisotopic (exact) mass is 202 g/mol. The maximum atomic E-state index is 3.76. The Hall–Kier alpha value is 0.509. The third-order valence-electron chi connectivity index (χ3n) is 0.234. The van der Waals surface area contributed by atoms with Crippen molar-refractivity contribution < 1.29 is 0 Å². The van der Waals surface area contributed by atoms with Crippen LogP contribution in [0.2, 0.25) is 0 Å². The molecule has 0 fully saturated rings. The van der Waals surface area contributed by atoms with Gasteiger partial charge in [0, 0.05) is 0 Å². The third-order valence-corrected chi connectivity index (χ3v) is 4.01. The molecule has 0 aromatic heterocycles. The van der Waals surface area contributed by atoms with E-state index in [2.05, 4.69) is 9.54 Å². The van der Waals surface area contributed by atoms with Gasteiger partial charge in [-0.3, -0.25) is 0 Å². The molecule has 0 aliphatic carbocycles. The van der Waals surface area contributed by atoms with Gasteiger partial charge in [-0.05, 0) is 0 Å². The van der Waals surface area contributed by atoms with E-state index in [1.54, 1.807) is 0 Å². The summed E-state index contributed by atoms with van der Waals surface area (Å²) < 4.78 is 2.88. The van der Waals surface area contributed by atoms with Crippen LogP contribution in [0.15, 0.2) is 5.10 Å². The zero-order valence-electron chi connectivity index (χ0n) is 2.34. The van der Waals surface area contributed by atoms with Crippen molar-refractivity contribution in [3.05, 3.63) is 0 Å². The number of hydrogen-bond donors (Lipinski definition) is 1. The van der Waals surface area contributed by atoms with Crippen molar-refractivity contribution in [3.8, 4) is 0 Å². The van der Waals surface area contributed by atoms with Crippen LogP contribution in [-0.2, 0) is 0 Å². The molecule has 0 bridgehead atoms. The van der Waals surface area contributed by atoms with E-state index in [4.69, 9.17) is 0 Å². The van der Waals surface area contributed by atoms with Crippen LogP contribution in [0.25, 0.3) is 0 Å². The van der Waals surface area contributed by atoms with Crippen LogP contribution in [0.1, 0.15) is 0 Å². The van der Waals surface area contributed by atoms with Crippen LogP contribution in [0.3, 0.4) is 0 Å². The van der Waals surface area contributed by atoms with Crippen molar-refractivity contribution in [2.45, 2.75) is 0 Å². The van der Waals surface area contributed by atoms with Crippen molar-refractivity contribution in [3.63, 3.8) is 0 Å². The molecule has 0 radical (unpaired) electrons. The molecule has 0 atom stereocenters. The van der Waals surface area contributed by atoms with E-state index in [-0.39, 0.29) is 0 Å². The first-order valence-corrected chi connectivity index (χ1v) is 7.27. The standard InChI is InChI=1S/CH2N2Se2/c1-2-3-5-4-1/h1,3H. The predicted octanol–water partition coefficient (Wildman–Crippen LogP) is -1.23. The molecule has 0 amide bonds. The van der Waals surface area contributed by atoms with Gasteiger partial charge in [-0.25, -0.2) is 0 Å². The SMILES string of the molecule is C1=NN[Se][Se]1. The molecule has 0 aromatic rings. The van der Waals surface area contributed by atoms with Crippen LogP contribution < -0.4 is 4.44 Å². The van der Waals surface area contributed by atoms with Gasteiger partial charge in [0.15, 0.2) is 0 Å². The van der Waals surface area contributed by atoms with Crippen LogP contribution >= 0.6 is 0 Å². The Balaban J connectivity index is 2.32. The number of rotatable bonds is 0. The van der Waals surface area contributed by atoms with E-state index in [1.165, 1.54) is 0 Å². The zero-order chi connectivity index (χ0) is 3.54. The Kier molecular flexibility index (Phi) is 1.35. The molecule has 4 heteroatoms. The van der Waals surface area contributed by atoms with E-state index in [0.717, 1.165) is 13.1 Å². The minimum absolute atomic E-state index is 0.660. The molecular formula is CH2N2Se2. The molecule has 1 heterocycles. The summed E-state index contributed by atoms with van der Waals surface area (Å²) in [5.74, 6) is 0. The molecule has 1 aliphatic rings. The van der Waals surface area contributed by atoms with Gasteiger partial charge in [-0.2, -0.15) is 0 Å². The first-order valence-electron chi connectivity index (χ1n) is 1.09. The molecule has 0 saturated heterocycles. The second-order valence-corrected chi connectivity index (χ2v) is 6.00. The van der Waals surface area contributed by atoms with Crippen molar-refractivity contribution in [2.24, 2.45) is 5.10 Å². The molecule has 1 aliphatic heterocycles. The average molecular weight is 200 g/mol. The maximum absolute atomic E-state index is 3.76. The Morgan fingerprint density at radius 1 is 1.80 bits per heavy atom. The molecule has 28 valence electrons. The molecular weight excluding hydrogens is 198 g/mol. The molecule has 1 rings (SSSR count). The van der Waals surface area contributed by atoms with E-state index in [0.29, 0.717) is 13.3 Å². The third kappa shape index (κ3) is 0.935. The fourth-order valence-corrected chi connectivity index (χ4v) is 2.90. The van der Waals surface area contributed by atoms with Gasteiger partial charge in [0.2, 0.25) is 0 Å². The van der Waals surface area contributed by atoms with Gasteiger partial charge in [-0.15, -0.1) is 0 Å². The van der Waals surface area contributed by atoms with E-state index in [9.17, 15) is 0 Å². The Labute approximate surface area is 41.5 Å². The molecule has 1 N–H and O–H groups in total. The molecule has 0 unspecified atom stereocenters. The quantitative estimate of drug-likeness (QED) is 0.486. The number of nitrogens with zero attached hydrogens (tertiary/aromatic N) is 1. The van der Waals surface area contributed by atoms with Crippen LogP contribution in [-0.4, -0.2) is 31.6 Å². The molecule has 0 spiro atoms. The number of hydrogen-bond acceptors (Lipinski definition) is 2. The first kappa shape index (κ1) is 3.69. The van der Waals surface area contributed by atoms with Crippen LogP contribution in [0.5, 0.6) is 0 Å². The second-order valence-electron chi connectivity index (χ2n) is 0.505. The number of hydrazone groups is 1. The Bertz CT molecular complexity index is 45.6. The normalized spacial score (nSPS) is 19.2. The topological polar surface area (TPSA) is 24.4 Å². The Morgan fingerprint density at radius 3 is 3.00 bits per heavy atom. The van der Waals surface area contributed by atoms with Crippen molar-refractivity contribution in [2.75, 3.05) is 0 Å². The van der Waals surface area contributed by atoms with Crippen LogP contribution in [0, 0.1) is 0 Å². The van der Waals surface area contributed by atoms with Gasteiger partial charge in [-0.1, -0.05) is 0 Å². The van der Waals surface area contributed by atoms with E-state index in [1.807, 2.05) is 5.11 Å². The molecule has 0 saturated carbocycles. The van der Waals surface area contributed by atoms with Gasteiger partial charge in [0.25, 0.3) is 0 Å². The fourth-order valence-electron chi connectivity index (χ4n) is 0.108. The summed E-state index contributed by atoms with van der Waals surface area (Å²) in [6.45, 7) is 0. The number of nitrogens with one attached hydrogen (secondary N) is 1. The van der Waals surface area contributed by atoms with Gasteiger partial charge >= 0.3 is 41.1 Å². The molecule has 2 nitrogen and oxygen atoms in total. The summed E-state index contributed by atoms with van der Waals surface area (Å²) in [6.07, 6.45) is 0. The molecule has 5 heavy (non-hydrogen) atoms. The van der Waals surface area contributed by atoms with Crippen molar-refractivity contribution in [1.29, 1.82) is 0 Å². The van der Waals surface area contributed by atoms with Crippen molar-refractivity contribution >= 4 is 31.6 Å². The summed E-state index contributed by atoms with van der Waals surface area (Å²) >= 11 is 1.39. The average Bonchev–Trinajstić information content (AvgIpc) is 1.76. The van der Waals surface area contributed by atoms with Gasteiger partial charge < -0.3 is 0 Å². The summed E-state index contributed by atoms with van der Waals surface area (Å²) in [7, 11) is 0. The Morgan fingerprint density at radius 2 is 2.80 bits per heavy atom. The summed E-state index contributed by atoms with van der Waals surface area (Å²) in [4.78, 5) is 0. The van der Waals surface area contributed by atoms with E-state index >= 15 is 0 Å². The summed E-state index contributed by atoms with van der Waals surface area (Å²) in [5, 5.41) is 5.73. The zero-order valence-corrected chi connectivity index (χ0v) is 5.77.